The monoisotopic (exact) mass is 574 g/mol. The number of aliphatic hydroxyl groups is 1. The first-order valence-corrected chi connectivity index (χ1v) is 15.6. The van der Waals surface area contributed by atoms with Crippen LogP contribution in [0.15, 0.2) is 47.8 Å². The number of thiazole rings is 1. The van der Waals surface area contributed by atoms with Crippen LogP contribution in [0.25, 0.3) is 0 Å². The number of ether oxygens (including phenoxy) is 1. The second kappa shape index (κ2) is 11.5. The molecule has 9 heteroatoms. The van der Waals surface area contributed by atoms with Gasteiger partial charge in [-0.1, -0.05) is 30.3 Å². The van der Waals surface area contributed by atoms with Crippen molar-refractivity contribution < 1.29 is 19.4 Å². The van der Waals surface area contributed by atoms with Gasteiger partial charge >= 0.3 is 0 Å². The summed E-state index contributed by atoms with van der Waals surface area (Å²) in [5.74, 6) is 0.168. The van der Waals surface area contributed by atoms with Crippen LogP contribution in [0.2, 0.25) is 0 Å². The molecule has 0 saturated carbocycles. The van der Waals surface area contributed by atoms with Crippen molar-refractivity contribution in [2.45, 2.75) is 76.1 Å². The second-order valence-corrected chi connectivity index (χ2v) is 12.4. The van der Waals surface area contributed by atoms with Gasteiger partial charge in [0.25, 0.3) is 11.8 Å². The molecule has 2 amide bonds. The highest BCUT2D eigenvalue weighted by atomic mass is 32.1. The standard InChI is InChI=1S/C32H38N4O4S/c1-20-19-41-30(34-20)26-12-7-15-36(26)31(38)25-17-22(18-27-24(25)11-8-16-40-27)29(37)35-21(2)32(39,28-13-6-14-33-28)23-9-4-3-5-10-23/h3-5,9-10,17-19,21,26,28,33,39H,6-8,11-16H2,1-2H3,(H,35,37)/t21-,26+,28+,32?/m0/s1. The summed E-state index contributed by atoms with van der Waals surface area (Å²) < 4.78 is 5.99. The number of aromatic nitrogens is 1. The molecular weight excluding hydrogens is 536 g/mol. The number of amides is 2. The normalized spacial score (nSPS) is 22.5. The average molecular weight is 575 g/mol. The maximum Gasteiger partial charge on any atom is 0.254 e. The number of carbonyl (C=O) groups is 2. The fourth-order valence-corrected chi connectivity index (χ4v) is 7.58. The number of fused-ring (bicyclic) bond motifs is 1. The number of benzene rings is 2. The quantitative estimate of drug-likeness (QED) is 0.384. The van der Waals surface area contributed by atoms with E-state index in [9.17, 15) is 14.7 Å². The van der Waals surface area contributed by atoms with E-state index in [0.29, 0.717) is 30.0 Å². The molecule has 2 aromatic carbocycles. The van der Waals surface area contributed by atoms with Gasteiger partial charge in [-0.2, -0.15) is 0 Å². The fourth-order valence-electron chi connectivity index (χ4n) is 6.64. The van der Waals surface area contributed by atoms with Gasteiger partial charge in [0.15, 0.2) is 0 Å². The van der Waals surface area contributed by atoms with E-state index in [1.807, 2.05) is 54.5 Å². The number of hydrogen-bond acceptors (Lipinski definition) is 7. The van der Waals surface area contributed by atoms with Gasteiger partial charge in [-0.15, -0.1) is 11.3 Å². The van der Waals surface area contributed by atoms with Crippen molar-refractivity contribution in [3.63, 3.8) is 0 Å². The minimum atomic E-state index is -1.30. The Hall–Kier alpha value is -3.27. The number of hydrogen-bond donors (Lipinski definition) is 3. The fraction of sp³-hybridized carbons (Fsp3) is 0.469. The predicted molar refractivity (Wildman–Crippen MR) is 158 cm³/mol. The van der Waals surface area contributed by atoms with Crippen molar-refractivity contribution >= 4 is 23.2 Å². The van der Waals surface area contributed by atoms with E-state index in [4.69, 9.17) is 4.74 Å². The van der Waals surface area contributed by atoms with Crippen molar-refractivity contribution in [1.29, 1.82) is 0 Å². The Labute approximate surface area is 245 Å². The van der Waals surface area contributed by atoms with Crippen LogP contribution in [0, 0.1) is 6.92 Å². The number of nitrogens with zero attached hydrogens (tertiary/aromatic N) is 2. The molecule has 4 atom stereocenters. The maximum absolute atomic E-state index is 14.1. The molecule has 6 rings (SSSR count). The van der Waals surface area contributed by atoms with Crippen LogP contribution in [0.1, 0.15) is 87.6 Å². The average Bonchev–Trinajstić information content (AvgIpc) is 3.78. The molecule has 4 heterocycles. The molecule has 3 aliphatic heterocycles. The van der Waals surface area contributed by atoms with E-state index in [0.717, 1.165) is 66.9 Å². The van der Waals surface area contributed by atoms with E-state index in [1.165, 1.54) is 0 Å². The number of aryl methyl sites for hydroxylation is 1. The van der Waals surface area contributed by atoms with Crippen molar-refractivity contribution in [2.75, 3.05) is 19.7 Å². The van der Waals surface area contributed by atoms with Crippen LogP contribution < -0.4 is 15.4 Å². The Morgan fingerprint density at radius 1 is 1.20 bits per heavy atom. The highest BCUT2D eigenvalue weighted by Gasteiger charge is 2.45. The molecule has 216 valence electrons. The molecule has 0 bridgehead atoms. The molecule has 3 aliphatic rings. The van der Waals surface area contributed by atoms with E-state index in [2.05, 4.69) is 15.6 Å². The molecule has 2 fully saturated rings. The first-order chi connectivity index (χ1) is 19.9. The minimum absolute atomic E-state index is 0.0568. The van der Waals surface area contributed by atoms with Crippen molar-refractivity contribution in [2.24, 2.45) is 0 Å². The van der Waals surface area contributed by atoms with Crippen LogP contribution in [0.3, 0.4) is 0 Å². The highest BCUT2D eigenvalue weighted by Crippen LogP contribution is 2.38. The lowest BCUT2D eigenvalue weighted by molar-refractivity contribution is -0.0263. The van der Waals surface area contributed by atoms with Crippen LogP contribution in [0.4, 0.5) is 0 Å². The van der Waals surface area contributed by atoms with Crippen LogP contribution in [-0.2, 0) is 12.0 Å². The molecule has 2 saturated heterocycles. The van der Waals surface area contributed by atoms with E-state index in [-0.39, 0.29) is 23.9 Å². The van der Waals surface area contributed by atoms with Gasteiger partial charge in [-0.05, 0) is 76.6 Å². The maximum atomic E-state index is 14.1. The minimum Gasteiger partial charge on any atom is -0.493 e. The molecule has 0 radical (unpaired) electrons. The molecule has 0 spiro atoms. The summed E-state index contributed by atoms with van der Waals surface area (Å²) in [5.41, 5.74) is 2.17. The smallest absolute Gasteiger partial charge is 0.254 e. The van der Waals surface area contributed by atoms with E-state index < -0.39 is 11.6 Å². The van der Waals surface area contributed by atoms with Gasteiger partial charge in [0, 0.05) is 40.4 Å². The largest absolute Gasteiger partial charge is 0.493 e. The van der Waals surface area contributed by atoms with Crippen molar-refractivity contribution in [1.82, 2.24) is 20.5 Å². The first kappa shape index (κ1) is 27.9. The topological polar surface area (TPSA) is 104 Å². The van der Waals surface area contributed by atoms with Crippen molar-refractivity contribution in [3.8, 4) is 5.75 Å². The van der Waals surface area contributed by atoms with Gasteiger partial charge in [-0.3, -0.25) is 9.59 Å². The molecule has 1 aromatic heterocycles. The molecule has 41 heavy (non-hydrogen) atoms. The third-order valence-electron chi connectivity index (χ3n) is 8.80. The van der Waals surface area contributed by atoms with Crippen LogP contribution in [-0.4, -0.2) is 58.6 Å². The summed E-state index contributed by atoms with van der Waals surface area (Å²) in [7, 11) is 0. The predicted octanol–water partition coefficient (Wildman–Crippen LogP) is 4.51. The molecular formula is C32H38N4O4S. The number of nitrogens with one attached hydrogen (secondary N) is 2. The van der Waals surface area contributed by atoms with Crippen LogP contribution in [0.5, 0.6) is 5.75 Å². The van der Waals surface area contributed by atoms with Gasteiger partial charge in [-0.25, -0.2) is 4.98 Å². The SMILES string of the molecule is Cc1csc([C@H]2CCCN2C(=O)c2cc(C(=O)N[C@@H](C)C(O)(c3ccccc3)[C@H]3CCCN3)cc3c2CCCO3)n1. The number of rotatable bonds is 7. The zero-order valence-corrected chi connectivity index (χ0v) is 24.5. The Kier molecular flexibility index (Phi) is 7.85. The van der Waals surface area contributed by atoms with Gasteiger partial charge in [0.05, 0.1) is 18.7 Å². The summed E-state index contributed by atoms with van der Waals surface area (Å²) in [6.07, 6.45) is 5.12. The molecule has 3 N–H and O–H groups in total. The lowest BCUT2D eigenvalue weighted by Gasteiger charge is -2.40. The van der Waals surface area contributed by atoms with Gasteiger partial charge < -0.3 is 25.4 Å². The lowest BCUT2D eigenvalue weighted by atomic mass is 9.79. The molecule has 8 nitrogen and oxygen atoms in total. The van der Waals surface area contributed by atoms with Gasteiger partial charge in [0.1, 0.15) is 16.4 Å². The Balaban J connectivity index is 1.30. The van der Waals surface area contributed by atoms with Crippen molar-refractivity contribution in [3.05, 3.63) is 80.8 Å². The third kappa shape index (κ3) is 5.27. The Morgan fingerprint density at radius 3 is 2.76 bits per heavy atom. The third-order valence-corrected chi connectivity index (χ3v) is 9.87. The summed E-state index contributed by atoms with van der Waals surface area (Å²) in [5, 5.41) is 21.6. The molecule has 3 aromatic rings. The summed E-state index contributed by atoms with van der Waals surface area (Å²) >= 11 is 1.59. The molecule has 0 aliphatic carbocycles. The van der Waals surface area contributed by atoms with E-state index in [1.54, 1.807) is 23.5 Å². The van der Waals surface area contributed by atoms with Gasteiger partial charge in [0.2, 0.25) is 0 Å². The number of carbonyl (C=O) groups excluding carboxylic acids is 2. The second-order valence-electron chi connectivity index (χ2n) is 11.5. The number of likely N-dealkylation sites (tertiary alicyclic amines) is 1. The van der Waals surface area contributed by atoms with Crippen LogP contribution >= 0.6 is 11.3 Å². The zero-order chi connectivity index (χ0) is 28.6. The lowest BCUT2D eigenvalue weighted by Crippen LogP contribution is -2.58. The first-order valence-electron chi connectivity index (χ1n) is 14.7. The molecule has 1 unspecified atom stereocenters. The Bertz CT molecular complexity index is 1420. The highest BCUT2D eigenvalue weighted by molar-refractivity contribution is 7.09. The summed E-state index contributed by atoms with van der Waals surface area (Å²) in [6, 6.07) is 12.2. The summed E-state index contributed by atoms with van der Waals surface area (Å²) in [6.45, 7) is 5.85. The summed E-state index contributed by atoms with van der Waals surface area (Å²) in [4.78, 5) is 34.5. The van der Waals surface area contributed by atoms with E-state index >= 15 is 0 Å². The zero-order valence-electron chi connectivity index (χ0n) is 23.7. The Morgan fingerprint density at radius 2 is 2.02 bits per heavy atom.